The van der Waals surface area contributed by atoms with Gasteiger partial charge in [-0.15, -0.1) is 0 Å². The minimum Gasteiger partial charge on any atom is -0.369 e. The van der Waals surface area contributed by atoms with Gasteiger partial charge in [-0.25, -0.2) is 19.5 Å². The second-order valence-corrected chi connectivity index (χ2v) is 5.47. The van der Waals surface area contributed by atoms with Gasteiger partial charge >= 0.3 is 0 Å². The van der Waals surface area contributed by atoms with Crippen LogP contribution in [0.15, 0.2) is 54.9 Å². The number of nitrogens with two attached hydrogens (primary N) is 1. The van der Waals surface area contributed by atoms with Crippen LogP contribution in [-0.4, -0.2) is 24.5 Å². The lowest BCUT2D eigenvalue weighted by atomic mass is 10.3. The molecule has 118 valence electrons. The van der Waals surface area contributed by atoms with Crippen LogP contribution in [0.5, 0.6) is 0 Å². The van der Waals surface area contributed by atoms with Gasteiger partial charge in [0.15, 0.2) is 0 Å². The highest BCUT2D eigenvalue weighted by Gasteiger charge is 2.12. The number of nitrogens with one attached hydrogen (secondary N) is 1. The lowest BCUT2D eigenvalue weighted by Gasteiger charge is -2.07. The third kappa shape index (κ3) is 2.61. The van der Waals surface area contributed by atoms with Crippen LogP contribution >= 0.6 is 11.6 Å². The van der Waals surface area contributed by atoms with Gasteiger partial charge in [0.25, 0.3) is 0 Å². The molecule has 0 aliphatic heterocycles. The Morgan fingerprint density at radius 3 is 2.58 bits per heavy atom. The van der Waals surface area contributed by atoms with Gasteiger partial charge in [0.1, 0.15) is 6.33 Å². The Labute approximate surface area is 142 Å². The van der Waals surface area contributed by atoms with E-state index in [0.29, 0.717) is 22.9 Å². The molecule has 0 unspecified atom stereocenters. The SMILES string of the molecule is Nc1nc2ccccc2n1-c1ncnc(Nc2ccc(Cl)cc2)n1. The number of nitrogens with zero attached hydrogens (tertiary/aromatic N) is 5. The largest absolute Gasteiger partial charge is 0.369 e. The number of para-hydroxylation sites is 2. The molecule has 24 heavy (non-hydrogen) atoms. The van der Waals surface area contributed by atoms with Crippen molar-refractivity contribution in [1.29, 1.82) is 0 Å². The fourth-order valence-electron chi connectivity index (χ4n) is 2.37. The van der Waals surface area contributed by atoms with E-state index < -0.39 is 0 Å². The average Bonchev–Trinajstić information content (AvgIpc) is 2.93. The fraction of sp³-hybridized carbons (Fsp3) is 0. The molecular formula is C16H12ClN7. The number of anilines is 3. The predicted molar refractivity (Wildman–Crippen MR) is 93.6 cm³/mol. The van der Waals surface area contributed by atoms with Gasteiger partial charge < -0.3 is 11.1 Å². The summed E-state index contributed by atoms with van der Waals surface area (Å²) in [7, 11) is 0. The molecule has 0 spiro atoms. The molecule has 4 aromatic rings. The quantitative estimate of drug-likeness (QED) is 0.596. The molecule has 7 nitrogen and oxygen atoms in total. The third-order valence-electron chi connectivity index (χ3n) is 3.45. The van der Waals surface area contributed by atoms with Gasteiger partial charge in [-0.2, -0.15) is 4.98 Å². The Hall–Kier alpha value is -3.19. The maximum Gasteiger partial charge on any atom is 0.241 e. The molecule has 0 saturated heterocycles. The van der Waals surface area contributed by atoms with Crippen molar-refractivity contribution < 1.29 is 0 Å². The number of imidazole rings is 1. The second kappa shape index (κ2) is 5.78. The van der Waals surface area contributed by atoms with E-state index in [1.165, 1.54) is 6.33 Å². The zero-order valence-corrected chi connectivity index (χ0v) is 13.1. The summed E-state index contributed by atoms with van der Waals surface area (Å²) in [4.78, 5) is 17.1. The highest BCUT2D eigenvalue weighted by Crippen LogP contribution is 2.21. The van der Waals surface area contributed by atoms with Crippen LogP contribution in [0.1, 0.15) is 0 Å². The van der Waals surface area contributed by atoms with Crippen LogP contribution in [0.25, 0.3) is 17.0 Å². The van der Waals surface area contributed by atoms with E-state index in [4.69, 9.17) is 17.3 Å². The number of halogens is 1. The number of aromatic nitrogens is 5. The summed E-state index contributed by atoms with van der Waals surface area (Å²) in [5.41, 5.74) is 8.45. The summed E-state index contributed by atoms with van der Waals surface area (Å²) in [6.07, 6.45) is 1.43. The summed E-state index contributed by atoms with van der Waals surface area (Å²) in [6.45, 7) is 0. The van der Waals surface area contributed by atoms with Crippen molar-refractivity contribution in [1.82, 2.24) is 24.5 Å². The zero-order chi connectivity index (χ0) is 16.5. The first-order valence-corrected chi connectivity index (χ1v) is 7.53. The minimum absolute atomic E-state index is 0.319. The number of nitrogen functional groups attached to an aromatic ring is 1. The van der Waals surface area contributed by atoms with Gasteiger partial charge in [0.05, 0.1) is 11.0 Å². The lowest BCUT2D eigenvalue weighted by Crippen LogP contribution is -2.08. The van der Waals surface area contributed by atoms with E-state index in [9.17, 15) is 0 Å². The van der Waals surface area contributed by atoms with Crippen LogP contribution in [0, 0.1) is 0 Å². The van der Waals surface area contributed by atoms with Gasteiger partial charge in [0.2, 0.25) is 17.8 Å². The summed E-state index contributed by atoms with van der Waals surface area (Å²) >= 11 is 5.89. The fourth-order valence-corrected chi connectivity index (χ4v) is 2.50. The standard InChI is InChI=1S/C16H12ClN7/c17-10-5-7-11(8-6-10)21-15-19-9-20-16(23-15)24-13-4-2-1-3-12(13)22-14(24)18/h1-9H,(H2,18,22)(H,19,20,21,23). The Morgan fingerprint density at radius 1 is 0.958 bits per heavy atom. The number of benzene rings is 2. The topological polar surface area (TPSA) is 94.5 Å². The summed E-state index contributed by atoms with van der Waals surface area (Å²) < 4.78 is 1.68. The Kier molecular flexibility index (Phi) is 3.47. The van der Waals surface area contributed by atoms with Gasteiger partial charge in [-0.3, -0.25) is 0 Å². The van der Waals surface area contributed by atoms with E-state index in [2.05, 4.69) is 25.3 Å². The van der Waals surface area contributed by atoms with Crippen LogP contribution < -0.4 is 11.1 Å². The maximum absolute atomic E-state index is 6.02. The Morgan fingerprint density at radius 2 is 1.75 bits per heavy atom. The molecule has 3 N–H and O–H groups in total. The van der Waals surface area contributed by atoms with Crippen molar-refractivity contribution in [3.05, 3.63) is 59.9 Å². The van der Waals surface area contributed by atoms with E-state index in [0.717, 1.165) is 16.7 Å². The molecule has 0 radical (unpaired) electrons. The van der Waals surface area contributed by atoms with Crippen molar-refractivity contribution in [2.45, 2.75) is 0 Å². The smallest absolute Gasteiger partial charge is 0.241 e. The summed E-state index contributed by atoms with van der Waals surface area (Å²) in [5, 5.41) is 3.77. The molecular weight excluding hydrogens is 326 g/mol. The predicted octanol–water partition coefficient (Wildman–Crippen LogP) is 3.19. The molecule has 2 aromatic carbocycles. The normalized spacial score (nSPS) is 10.9. The molecule has 0 fully saturated rings. The minimum atomic E-state index is 0.319. The monoisotopic (exact) mass is 337 g/mol. The number of hydrogen-bond donors (Lipinski definition) is 2. The second-order valence-electron chi connectivity index (χ2n) is 5.04. The zero-order valence-electron chi connectivity index (χ0n) is 12.4. The summed E-state index contributed by atoms with van der Waals surface area (Å²) in [5.74, 6) is 1.12. The third-order valence-corrected chi connectivity index (χ3v) is 3.70. The molecule has 4 rings (SSSR count). The highest BCUT2D eigenvalue weighted by atomic mass is 35.5. The molecule has 0 atom stereocenters. The Balaban J connectivity index is 1.74. The van der Waals surface area contributed by atoms with Crippen molar-refractivity contribution in [2.75, 3.05) is 11.1 Å². The number of hydrogen-bond acceptors (Lipinski definition) is 6. The molecule has 0 amide bonds. The van der Waals surface area contributed by atoms with E-state index in [1.807, 2.05) is 36.4 Å². The van der Waals surface area contributed by atoms with Crippen LogP contribution in [-0.2, 0) is 0 Å². The number of fused-ring (bicyclic) bond motifs is 1. The van der Waals surface area contributed by atoms with Crippen LogP contribution in [0.4, 0.5) is 17.6 Å². The Bertz CT molecular complexity index is 1010. The molecule has 0 aliphatic carbocycles. The van der Waals surface area contributed by atoms with Crippen LogP contribution in [0.3, 0.4) is 0 Å². The van der Waals surface area contributed by atoms with Gasteiger partial charge in [-0.05, 0) is 36.4 Å². The molecule has 2 aromatic heterocycles. The molecule has 0 aliphatic rings. The van der Waals surface area contributed by atoms with Gasteiger partial charge in [0, 0.05) is 10.7 Å². The number of rotatable bonds is 3. The highest BCUT2D eigenvalue weighted by molar-refractivity contribution is 6.30. The summed E-state index contributed by atoms with van der Waals surface area (Å²) in [6, 6.07) is 14.9. The molecule has 0 saturated carbocycles. The van der Waals surface area contributed by atoms with Crippen molar-refractivity contribution in [3.8, 4) is 5.95 Å². The van der Waals surface area contributed by atoms with E-state index in [1.54, 1.807) is 16.7 Å². The van der Waals surface area contributed by atoms with Gasteiger partial charge in [-0.1, -0.05) is 23.7 Å². The van der Waals surface area contributed by atoms with Crippen molar-refractivity contribution in [3.63, 3.8) is 0 Å². The van der Waals surface area contributed by atoms with Crippen molar-refractivity contribution >= 4 is 40.2 Å². The molecule has 2 heterocycles. The molecule has 0 bridgehead atoms. The molecule has 8 heteroatoms. The van der Waals surface area contributed by atoms with Crippen LogP contribution in [0.2, 0.25) is 5.02 Å². The first-order chi connectivity index (χ1) is 11.7. The maximum atomic E-state index is 6.02. The van der Waals surface area contributed by atoms with E-state index >= 15 is 0 Å². The van der Waals surface area contributed by atoms with E-state index in [-0.39, 0.29) is 0 Å². The first-order valence-electron chi connectivity index (χ1n) is 7.16. The van der Waals surface area contributed by atoms with Crippen molar-refractivity contribution in [2.24, 2.45) is 0 Å². The average molecular weight is 338 g/mol. The lowest BCUT2D eigenvalue weighted by molar-refractivity contribution is 0.926. The first kappa shape index (κ1) is 14.4.